The molecule has 0 aliphatic heterocycles. The normalized spacial score (nSPS) is 14.8. The fourth-order valence-corrected chi connectivity index (χ4v) is 4.09. The Labute approximate surface area is 166 Å². The van der Waals surface area contributed by atoms with E-state index in [1.807, 2.05) is 35.1 Å². The van der Waals surface area contributed by atoms with Crippen molar-refractivity contribution in [2.24, 2.45) is 0 Å². The lowest BCUT2D eigenvalue weighted by atomic mass is 9.91. The Balaban J connectivity index is 1.52. The largest absolute Gasteiger partial charge is 0.353 e. The maximum Gasteiger partial charge on any atom is 0.241 e. The molecule has 1 N–H and O–H groups in total. The smallest absolute Gasteiger partial charge is 0.241 e. The first-order valence-corrected chi connectivity index (χ1v) is 9.75. The molecular formula is C23H26N4O. The zero-order valence-corrected chi connectivity index (χ0v) is 16.2. The number of fused-ring (bicyclic) bond motifs is 1. The second-order valence-electron chi connectivity index (χ2n) is 7.52. The Morgan fingerprint density at radius 3 is 2.39 bits per heavy atom. The molecule has 0 saturated carbocycles. The van der Waals surface area contributed by atoms with Gasteiger partial charge in [0, 0.05) is 38.3 Å². The molecule has 0 radical (unpaired) electrons. The third kappa shape index (κ3) is 3.71. The summed E-state index contributed by atoms with van der Waals surface area (Å²) < 4.78 is 1.84. The number of benzene rings is 2. The maximum absolute atomic E-state index is 13.4. The van der Waals surface area contributed by atoms with Crippen LogP contribution in [0, 0.1) is 0 Å². The molecule has 1 aliphatic carbocycles. The number of rotatable bonds is 7. The minimum absolute atomic E-state index is 0.0919. The molecule has 144 valence electrons. The van der Waals surface area contributed by atoms with E-state index >= 15 is 0 Å². The van der Waals surface area contributed by atoms with Crippen molar-refractivity contribution < 1.29 is 4.79 Å². The molecule has 0 spiro atoms. The summed E-state index contributed by atoms with van der Waals surface area (Å²) in [7, 11) is 2.06. The summed E-state index contributed by atoms with van der Waals surface area (Å²) >= 11 is 0. The molecule has 1 aromatic heterocycles. The van der Waals surface area contributed by atoms with E-state index in [0.717, 1.165) is 19.4 Å². The Morgan fingerprint density at radius 1 is 1.07 bits per heavy atom. The van der Waals surface area contributed by atoms with Crippen LogP contribution in [0.25, 0.3) is 0 Å². The number of aromatic nitrogens is 2. The van der Waals surface area contributed by atoms with E-state index in [4.69, 9.17) is 0 Å². The summed E-state index contributed by atoms with van der Waals surface area (Å²) in [6.45, 7) is 1.98. The monoisotopic (exact) mass is 374 g/mol. The molecule has 1 heterocycles. The second-order valence-corrected chi connectivity index (χ2v) is 7.52. The van der Waals surface area contributed by atoms with Crippen LogP contribution >= 0.6 is 0 Å². The van der Waals surface area contributed by atoms with Crippen molar-refractivity contribution in [1.82, 2.24) is 20.0 Å². The summed E-state index contributed by atoms with van der Waals surface area (Å²) in [5, 5.41) is 7.37. The van der Waals surface area contributed by atoms with Gasteiger partial charge in [-0.25, -0.2) is 0 Å². The van der Waals surface area contributed by atoms with Gasteiger partial charge in [0.1, 0.15) is 5.54 Å². The van der Waals surface area contributed by atoms with Gasteiger partial charge in [-0.3, -0.25) is 14.4 Å². The van der Waals surface area contributed by atoms with E-state index in [1.165, 1.54) is 16.7 Å². The summed E-state index contributed by atoms with van der Waals surface area (Å²) in [5.74, 6) is 0.0919. The molecule has 4 rings (SSSR count). The van der Waals surface area contributed by atoms with Gasteiger partial charge in [-0.15, -0.1) is 0 Å². The highest BCUT2D eigenvalue weighted by Gasteiger charge is 2.46. The van der Waals surface area contributed by atoms with Crippen LogP contribution in [0.1, 0.15) is 16.7 Å². The fraction of sp³-hybridized carbons (Fsp3) is 0.304. The molecule has 0 unspecified atom stereocenters. The number of carbonyl (C=O) groups excluding carboxylic acids is 1. The summed E-state index contributed by atoms with van der Waals surface area (Å²) in [4.78, 5) is 15.6. The summed E-state index contributed by atoms with van der Waals surface area (Å²) in [6, 6.07) is 20.6. The van der Waals surface area contributed by atoms with Crippen LogP contribution in [-0.2, 0) is 30.7 Å². The number of nitrogens with zero attached hydrogens (tertiary/aromatic N) is 3. The van der Waals surface area contributed by atoms with Crippen molar-refractivity contribution in [3.05, 3.63) is 89.7 Å². The zero-order valence-electron chi connectivity index (χ0n) is 16.2. The van der Waals surface area contributed by atoms with Crippen molar-refractivity contribution in [2.75, 3.05) is 13.6 Å². The van der Waals surface area contributed by atoms with E-state index in [9.17, 15) is 4.79 Å². The lowest BCUT2D eigenvalue weighted by Gasteiger charge is -2.37. The van der Waals surface area contributed by atoms with Crippen molar-refractivity contribution in [1.29, 1.82) is 0 Å². The molecule has 5 heteroatoms. The molecule has 0 fully saturated rings. The Morgan fingerprint density at radius 2 is 1.75 bits per heavy atom. The summed E-state index contributed by atoms with van der Waals surface area (Å²) in [6.07, 6.45) is 5.14. The van der Waals surface area contributed by atoms with Crippen LogP contribution in [0.5, 0.6) is 0 Å². The standard InChI is InChI=1S/C23H26N4O/c1-26(18-19-8-3-2-4-9-19)23(16-20-10-5-6-11-21(20)17-23)22(28)24-13-15-27-14-7-12-25-27/h2-12,14H,13,15-18H2,1H3,(H,24,28). The number of carbonyl (C=O) groups is 1. The number of hydrogen-bond acceptors (Lipinski definition) is 3. The van der Waals surface area contributed by atoms with Gasteiger partial charge < -0.3 is 5.32 Å². The van der Waals surface area contributed by atoms with Crippen LogP contribution in [0.2, 0.25) is 0 Å². The van der Waals surface area contributed by atoms with E-state index in [2.05, 4.69) is 58.8 Å². The van der Waals surface area contributed by atoms with E-state index in [-0.39, 0.29) is 5.91 Å². The van der Waals surface area contributed by atoms with E-state index in [1.54, 1.807) is 6.20 Å². The minimum Gasteiger partial charge on any atom is -0.353 e. The number of amides is 1. The Bertz CT molecular complexity index is 896. The number of likely N-dealkylation sites (N-methyl/N-ethyl adjacent to an activating group) is 1. The molecule has 2 aromatic carbocycles. The van der Waals surface area contributed by atoms with Crippen molar-refractivity contribution in [3.8, 4) is 0 Å². The van der Waals surface area contributed by atoms with E-state index in [0.29, 0.717) is 13.1 Å². The topological polar surface area (TPSA) is 50.2 Å². The summed E-state index contributed by atoms with van der Waals surface area (Å²) in [5.41, 5.74) is 3.18. The van der Waals surface area contributed by atoms with Gasteiger partial charge in [-0.05, 0) is 29.8 Å². The number of nitrogens with one attached hydrogen (secondary N) is 1. The predicted octanol–water partition coefficient (Wildman–Crippen LogP) is 2.67. The van der Waals surface area contributed by atoms with Gasteiger partial charge in [-0.2, -0.15) is 5.10 Å². The van der Waals surface area contributed by atoms with Gasteiger partial charge in [0.25, 0.3) is 0 Å². The second kappa shape index (κ2) is 7.98. The fourth-order valence-electron chi connectivity index (χ4n) is 4.09. The molecular weight excluding hydrogens is 348 g/mol. The maximum atomic E-state index is 13.4. The van der Waals surface area contributed by atoms with Gasteiger partial charge in [0.2, 0.25) is 5.91 Å². The Hall–Kier alpha value is -2.92. The van der Waals surface area contributed by atoms with Crippen LogP contribution in [0.4, 0.5) is 0 Å². The first-order chi connectivity index (χ1) is 13.7. The van der Waals surface area contributed by atoms with Crippen molar-refractivity contribution >= 4 is 5.91 Å². The first kappa shape index (κ1) is 18.4. The highest BCUT2D eigenvalue weighted by Crippen LogP contribution is 2.35. The quantitative estimate of drug-likeness (QED) is 0.692. The van der Waals surface area contributed by atoms with Crippen LogP contribution in [0.3, 0.4) is 0 Å². The first-order valence-electron chi connectivity index (χ1n) is 9.75. The molecule has 0 bridgehead atoms. The average molecular weight is 374 g/mol. The molecule has 1 aliphatic rings. The highest BCUT2D eigenvalue weighted by atomic mass is 16.2. The van der Waals surface area contributed by atoms with Gasteiger partial charge in [0.15, 0.2) is 0 Å². The molecule has 5 nitrogen and oxygen atoms in total. The highest BCUT2D eigenvalue weighted by molar-refractivity contribution is 5.88. The molecule has 1 amide bonds. The Kier molecular flexibility index (Phi) is 5.26. The van der Waals surface area contributed by atoms with Crippen molar-refractivity contribution in [3.63, 3.8) is 0 Å². The van der Waals surface area contributed by atoms with Gasteiger partial charge in [0.05, 0.1) is 6.54 Å². The number of hydrogen-bond donors (Lipinski definition) is 1. The van der Waals surface area contributed by atoms with E-state index < -0.39 is 5.54 Å². The molecule has 28 heavy (non-hydrogen) atoms. The SMILES string of the molecule is CN(Cc1ccccc1)C1(C(=O)NCCn2cccn2)Cc2ccccc2C1. The third-order valence-electron chi connectivity index (χ3n) is 5.69. The van der Waals surface area contributed by atoms with Crippen LogP contribution < -0.4 is 5.32 Å². The van der Waals surface area contributed by atoms with Gasteiger partial charge in [-0.1, -0.05) is 54.6 Å². The third-order valence-corrected chi connectivity index (χ3v) is 5.69. The van der Waals surface area contributed by atoms with Crippen LogP contribution in [0.15, 0.2) is 73.1 Å². The molecule has 3 aromatic rings. The average Bonchev–Trinajstić information content (AvgIpc) is 3.37. The van der Waals surface area contributed by atoms with Crippen molar-refractivity contribution in [2.45, 2.75) is 31.5 Å². The zero-order chi connectivity index (χ0) is 19.4. The molecule has 0 saturated heterocycles. The minimum atomic E-state index is -0.566. The lowest BCUT2D eigenvalue weighted by molar-refractivity contribution is -0.132. The molecule has 0 atom stereocenters. The predicted molar refractivity (Wildman–Crippen MR) is 110 cm³/mol. The van der Waals surface area contributed by atoms with Gasteiger partial charge >= 0.3 is 0 Å². The van der Waals surface area contributed by atoms with Crippen LogP contribution in [-0.4, -0.2) is 39.7 Å². The lowest BCUT2D eigenvalue weighted by Crippen LogP contribution is -2.58.